The number of aliphatic carboxylic acids is 2. The highest BCUT2D eigenvalue weighted by Crippen LogP contribution is 1.97. The summed E-state index contributed by atoms with van der Waals surface area (Å²) in [5, 5.41) is 20.5. The maximum atomic E-state index is 10.7. The molecule has 0 radical (unpaired) electrons. The van der Waals surface area contributed by atoms with Crippen LogP contribution < -0.4 is 10.6 Å². The fourth-order valence-corrected chi connectivity index (χ4v) is 0.779. The molecule has 84 valence electrons. The van der Waals surface area contributed by atoms with Crippen molar-refractivity contribution in [2.45, 2.75) is 18.9 Å². The molecule has 0 rings (SSSR count). The maximum Gasteiger partial charge on any atom is 0.326 e. The minimum absolute atomic E-state index is 0.0887. The van der Waals surface area contributed by atoms with E-state index in [-0.39, 0.29) is 12.8 Å². The lowest BCUT2D eigenvalue weighted by Gasteiger charge is -2.12. The van der Waals surface area contributed by atoms with Crippen LogP contribution in [0.15, 0.2) is 0 Å². The van der Waals surface area contributed by atoms with Gasteiger partial charge in [-0.1, -0.05) is 0 Å². The van der Waals surface area contributed by atoms with Crippen LogP contribution in [0.4, 0.5) is 4.79 Å². The van der Waals surface area contributed by atoms with Crippen LogP contribution in [-0.4, -0.2) is 40.6 Å². The van der Waals surface area contributed by atoms with Crippen LogP contribution >= 0.6 is 0 Å². The van der Waals surface area contributed by atoms with Gasteiger partial charge in [0.25, 0.3) is 0 Å². The van der Waals surface area contributed by atoms with Gasteiger partial charge in [0, 0.05) is 6.42 Å². The molecule has 8 heteroatoms. The lowest BCUT2D eigenvalue weighted by atomic mass is 10.1. The Morgan fingerprint density at radius 1 is 1.27 bits per heavy atom. The molecule has 0 spiro atoms. The van der Waals surface area contributed by atoms with Crippen molar-refractivity contribution >= 4 is 24.4 Å². The van der Waals surface area contributed by atoms with E-state index in [4.69, 9.17) is 10.2 Å². The molecule has 1 unspecified atom stereocenters. The molecule has 0 saturated carbocycles. The van der Waals surface area contributed by atoms with E-state index in [0.29, 0.717) is 0 Å². The molecule has 4 N–H and O–H groups in total. The smallest absolute Gasteiger partial charge is 0.326 e. The van der Waals surface area contributed by atoms with Crippen molar-refractivity contribution in [1.82, 2.24) is 10.6 Å². The van der Waals surface area contributed by atoms with Gasteiger partial charge < -0.3 is 15.5 Å². The third-order valence-electron chi connectivity index (χ3n) is 1.44. The Morgan fingerprint density at radius 3 is 2.27 bits per heavy atom. The molecule has 0 aliphatic rings. The van der Waals surface area contributed by atoms with Gasteiger partial charge in [-0.2, -0.15) is 0 Å². The second kappa shape index (κ2) is 6.35. The summed E-state index contributed by atoms with van der Waals surface area (Å²) in [6.07, 6.45) is -0.555. The van der Waals surface area contributed by atoms with Crippen LogP contribution in [-0.2, 0) is 14.4 Å². The zero-order valence-electron chi connectivity index (χ0n) is 7.60. The number of urea groups is 1. The predicted molar refractivity (Wildman–Crippen MR) is 46.0 cm³/mol. The van der Waals surface area contributed by atoms with Crippen molar-refractivity contribution in [3.8, 4) is 0 Å². The highest BCUT2D eigenvalue weighted by molar-refractivity contribution is 5.88. The number of imide groups is 1. The Labute approximate surface area is 84.3 Å². The zero-order chi connectivity index (χ0) is 11.8. The first-order chi connectivity index (χ1) is 6.97. The van der Waals surface area contributed by atoms with Gasteiger partial charge in [0.05, 0.1) is 0 Å². The third kappa shape index (κ3) is 6.02. The molecule has 0 heterocycles. The van der Waals surface area contributed by atoms with E-state index in [0.717, 1.165) is 0 Å². The molecule has 0 aromatic carbocycles. The first kappa shape index (κ1) is 12.9. The van der Waals surface area contributed by atoms with E-state index in [1.165, 1.54) is 0 Å². The van der Waals surface area contributed by atoms with E-state index in [1.807, 2.05) is 5.32 Å². The van der Waals surface area contributed by atoms with Gasteiger partial charge in [0.15, 0.2) is 0 Å². The highest BCUT2D eigenvalue weighted by atomic mass is 16.4. The van der Waals surface area contributed by atoms with Crippen molar-refractivity contribution in [3.05, 3.63) is 0 Å². The van der Waals surface area contributed by atoms with Crippen LogP contribution in [0.1, 0.15) is 12.8 Å². The van der Waals surface area contributed by atoms with Gasteiger partial charge in [0.1, 0.15) is 6.04 Å². The fourth-order valence-electron chi connectivity index (χ4n) is 0.779. The average Bonchev–Trinajstić information content (AvgIpc) is 2.11. The molecule has 3 amide bonds. The summed E-state index contributed by atoms with van der Waals surface area (Å²) in [6, 6.07) is -2.32. The molecule has 1 atom stereocenters. The molecule has 8 nitrogen and oxygen atoms in total. The molecule has 0 saturated heterocycles. The molecule has 0 aliphatic carbocycles. The topological polar surface area (TPSA) is 133 Å². The Balaban J connectivity index is 4.15. The Bertz CT molecular complexity index is 277. The number of nitrogens with one attached hydrogen (secondary N) is 2. The zero-order valence-corrected chi connectivity index (χ0v) is 7.60. The summed E-state index contributed by atoms with van der Waals surface area (Å²) in [5.41, 5.74) is 0. The van der Waals surface area contributed by atoms with E-state index in [2.05, 4.69) is 0 Å². The third-order valence-corrected chi connectivity index (χ3v) is 1.44. The predicted octanol–water partition coefficient (Wildman–Crippen LogP) is -1.24. The molecular weight excluding hydrogens is 208 g/mol. The van der Waals surface area contributed by atoms with Crippen molar-refractivity contribution in [2.75, 3.05) is 0 Å². The van der Waals surface area contributed by atoms with Crippen LogP contribution in [0.5, 0.6) is 0 Å². The average molecular weight is 218 g/mol. The van der Waals surface area contributed by atoms with Crippen LogP contribution in [0.25, 0.3) is 0 Å². The summed E-state index contributed by atoms with van der Waals surface area (Å²) in [7, 11) is 0. The number of rotatable bonds is 6. The summed E-state index contributed by atoms with van der Waals surface area (Å²) < 4.78 is 0. The van der Waals surface area contributed by atoms with Crippen molar-refractivity contribution in [3.63, 3.8) is 0 Å². The minimum Gasteiger partial charge on any atom is -0.481 e. The number of carbonyl (C=O) groups is 4. The van der Waals surface area contributed by atoms with E-state index in [1.54, 1.807) is 5.32 Å². The quantitative estimate of drug-likeness (QED) is 0.412. The fraction of sp³-hybridized carbons (Fsp3) is 0.429. The second-order valence-corrected chi connectivity index (χ2v) is 2.56. The van der Waals surface area contributed by atoms with E-state index in [9.17, 15) is 19.2 Å². The Hall–Kier alpha value is -2.12. The first-order valence-electron chi connectivity index (χ1n) is 3.92. The van der Waals surface area contributed by atoms with Crippen LogP contribution in [0.3, 0.4) is 0 Å². The molecule has 0 aromatic rings. The number of carboxylic acid groups (broad SMARTS) is 2. The van der Waals surface area contributed by atoms with Crippen molar-refractivity contribution < 1.29 is 29.4 Å². The van der Waals surface area contributed by atoms with Gasteiger partial charge >= 0.3 is 18.0 Å². The van der Waals surface area contributed by atoms with Crippen LogP contribution in [0, 0.1) is 0 Å². The number of hydrogen-bond acceptors (Lipinski definition) is 4. The molecule has 0 aromatic heterocycles. The Morgan fingerprint density at radius 2 is 1.87 bits per heavy atom. The van der Waals surface area contributed by atoms with Crippen molar-refractivity contribution in [1.29, 1.82) is 0 Å². The summed E-state index contributed by atoms with van der Waals surface area (Å²) in [5.74, 6) is -2.53. The SMILES string of the molecule is O=CNC(=O)NC(CCC(=O)O)C(=O)O. The van der Waals surface area contributed by atoms with Crippen LogP contribution in [0.2, 0.25) is 0 Å². The van der Waals surface area contributed by atoms with Crippen molar-refractivity contribution in [2.24, 2.45) is 0 Å². The number of carboxylic acids is 2. The first-order valence-corrected chi connectivity index (χ1v) is 3.92. The molecule has 0 fully saturated rings. The monoisotopic (exact) mass is 218 g/mol. The van der Waals surface area contributed by atoms with Gasteiger partial charge in [-0.25, -0.2) is 9.59 Å². The number of hydrogen-bond donors (Lipinski definition) is 4. The number of amides is 3. The Kier molecular flexibility index (Phi) is 5.45. The lowest BCUT2D eigenvalue weighted by molar-refractivity contribution is -0.140. The standard InChI is InChI=1S/C7H10N2O6/c10-3-8-7(15)9-4(6(13)14)1-2-5(11)12/h3-4H,1-2H2,(H,11,12)(H,13,14)(H2,8,9,10,15). The summed E-state index contributed by atoms with van der Waals surface area (Å²) in [4.78, 5) is 41.2. The molecule has 15 heavy (non-hydrogen) atoms. The molecule has 0 bridgehead atoms. The molecule has 0 aliphatic heterocycles. The van der Waals surface area contributed by atoms with E-state index < -0.39 is 30.4 Å². The maximum absolute atomic E-state index is 10.7. The highest BCUT2D eigenvalue weighted by Gasteiger charge is 2.20. The van der Waals surface area contributed by atoms with Gasteiger partial charge in [0.2, 0.25) is 6.41 Å². The minimum atomic E-state index is -1.36. The van der Waals surface area contributed by atoms with E-state index >= 15 is 0 Å². The number of carbonyl (C=O) groups excluding carboxylic acids is 2. The summed E-state index contributed by atoms with van der Waals surface area (Å²) >= 11 is 0. The summed E-state index contributed by atoms with van der Waals surface area (Å²) in [6.45, 7) is 0. The van der Waals surface area contributed by atoms with Gasteiger partial charge in [-0.05, 0) is 6.42 Å². The van der Waals surface area contributed by atoms with Gasteiger partial charge in [-0.3, -0.25) is 14.9 Å². The van der Waals surface area contributed by atoms with Gasteiger partial charge in [-0.15, -0.1) is 0 Å². The second-order valence-electron chi connectivity index (χ2n) is 2.56. The molecular formula is C7H10N2O6. The lowest BCUT2D eigenvalue weighted by Crippen LogP contribution is -2.45. The normalized spacial score (nSPS) is 11.2. The largest absolute Gasteiger partial charge is 0.481 e.